The number of anilines is 1. The standard InChI is InChI=1S/C28H37N5O3/c1-3-33-24-12-7-11-23(25(24)19(2)31-33)26(28(34)35)32-17-22(18-32)36-16-6-4-5-10-21-14-13-20-9-8-15-29-27(20)30-21/h7,11-14,22,26H,3-6,8-10,15-18H2,1-2H3,(H,29,30)(H,34,35). The Labute approximate surface area is 212 Å². The molecule has 2 aliphatic heterocycles. The van der Waals surface area contributed by atoms with E-state index < -0.39 is 12.0 Å². The van der Waals surface area contributed by atoms with E-state index in [1.807, 2.05) is 41.6 Å². The van der Waals surface area contributed by atoms with Crippen LogP contribution in [0, 0.1) is 6.92 Å². The second kappa shape index (κ2) is 11.0. The number of nitrogens with zero attached hydrogens (tertiary/aromatic N) is 4. The Morgan fingerprint density at radius 3 is 2.89 bits per heavy atom. The van der Waals surface area contributed by atoms with Crippen molar-refractivity contribution < 1.29 is 14.6 Å². The lowest BCUT2D eigenvalue weighted by atomic mass is 9.96. The Balaban J connectivity index is 1.07. The van der Waals surface area contributed by atoms with E-state index in [4.69, 9.17) is 9.72 Å². The normalized spacial score (nSPS) is 16.9. The summed E-state index contributed by atoms with van der Waals surface area (Å²) in [6.45, 7) is 7.77. The van der Waals surface area contributed by atoms with Gasteiger partial charge in [-0.25, -0.2) is 4.98 Å². The highest BCUT2D eigenvalue weighted by molar-refractivity contribution is 5.90. The van der Waals surface area contributed by atoms with E-state index in [1.165, 1.54) is 12.0 Å². The van der Waals surface area contributed by atoms with E-state index in [9.17, 15) is 9.90 Å². The third-order valence-electron chi connectivity index (χ3n) is 7.44. The number of likely N-dealkylation sites (tertiary alicyclic amines) is 1. The van der Waals surface area contributed by atoms with Gasteiger partial charge >= 0.3 is 5.97 Å². The molecule has 1 unspecified atom stereocenters. The van der Waals surface area contributed by atoms with Crippen molar-refractivity contribution in [2.45, 2.75) is 71.1 Å². The summed E-state index contributed by atoms with van der Waals surface area (Å²) in [5.41, 5.74) is 5.19. The number of unbranched alkanes of at least 4 members (excludes halogenated alkanes) is 2. The first kappa shape index (κ1) is 24.7. The number of ether oxygens (including phenoxy) is 1. The minimum Gasteiger partial charge on any atom is -0.480 e. The van der Waals surface area contributed by atoms with Gasteiger partial charge in [0.15, 0.2) is 0 Å². The summed E-state index contributed by atoms with van der Waals surface area (Å²) < 4.78 is 7.99. The van der Waals surface area contributed by atoms with Crippen molar-refractivity contribution in [1.82, 2.24) is 19.7 Å². The molecule has 0 amide bonds. The van der Waals surface area contributed by atoms with E-state index in [-0.39, 0.29) is 6.10 Å². The number of carboxylic acid groups (broad SMARTS) is 1. The highest BCUT2D eigenvalue weighted by Gasteiger charge is 2.38. The number of aryl methyl sites for hydroxylation is 4. The van der Waals surface area contributed by atoms with E-state index in [2.05, 4.69) is 22.5 Å². The van der Waals surface area contributed by atoms with Crippen LogP contribution in [0.15, 0.2) is 30.3 Å². The van der Waals surface area contributed by atoms with Crippen LogP contribution in [0.1, 0.15) is 61.2 Å². The number of carbonyl (C=O) groups is 1. The number of pyridine rings is 1. The Bertz CT molecular complexity index is 1220. The fourth-order valence-electron chi connectivity index (χ4n) is 5.54. The molecule has 2 N–H and O–H groups in total. The van der Waals surface area contributed by atoms with Crippen LogP contribution in [-0.4, -0.2) is 63.1 Å². The first-order valence-corrected chi connectivity index (χ1v) is 13.3. The van der Waals surface area contributed by atoms with Crippen LogP contribution in [0.3, 0.4) is 0 Å². The number of hydrogen-bond acceptors (Lipinski definition) is 6. The van der Waals surface area contributed by atoms with Gasteiger partial charge in [0, 0.05) is 43.9 Å². The van der Waals surface area contributed by atoms with Gasteiger partial charge in [0.25, 0.3) is 0 Å². The fraction of sp³-hybridized carbons (Fsp3) is 0.536. The van der Waals surface area contributed by atoms with Crippen molar-refractivity contribution >= 4 is 22.7 Å². The van der Waals surface area contributed by atoms with Crippen LogP contribution < -0.4 is 5.32 Å². The van der Waals surface area contributed by atoms with Gasteiger partial charge < -0.3 is 15.2 Å². The zero-order chi connectivity index (χ0) is 25.1. The van der Waals surface area contributed by atoms with Crippen LogP contribution in [0.4, 0.5) is 5.82 Å². The number of nitrogens with one attached hydrogen (secondary N) is 1. The number of hydrogen-bond donors (Lipinski definition) is 2. The Hall–Kier alpha value is -2.97. The van der Waals surface area contributed by atoms with Gasteiger partial charge in [0.1, 0.15) is 11.9 Å². The third-order valence-corrected chi connectivity index (χ3v) is 7.44. The Morgan fingerprint density at radius 1 is 1.22 bits per heavy atom. The van der Waals surface area contributed by atoms with Crippen molar-refractivity contribution in [2.75, 3.05) is 31.6 Å². The van der Waals surface area contributed by atoms with Gasteiger partial charge in [0.2, 0.25) is 0 Å². The van der Waals surface area contributed by atoms with Crippen LogP contribution in [0.5, 0.6) is 0 Å². The largest absolute Gasteiger partial charge is 0.480 e. The predicted octanol–water partition coefficient (Wildman–Crippen LogP) is 4.36. The van der Waals surface area contributed by atoms with E-state index in [0.29, 0.717) is 19.7 Å². The summed E-state index contributed by atoms with van der Waals surface area (Å²) in [5, 5.41) is 19.0. The highest BCUT2D eigenvalue weighted by Crippen LogP contribution is 2.34. The number of aliphatic carboxylic acids is 1. The Morgan fingerprint density at radius 2 is 2.08 bits per heavy atom. The van der Waals surface area contributed by atoms with Gasteiger partial charge in [-0.3, -0.25) is 14.4 Å². The van der Waals surface area contributed by atoms with Crippen molar-refractivity contribution in [3.63, 3.8) is 0 Å². The van der Waals surface area contributed by atoms with Crippen LogP contribution in [-0.2, 0) is 28.9 Å². The molecule has 8 nitrogen and oxygen atoms in total. The molecule has 0 saturated carbocycles. The molecule has 1 fully saturated rings. The van der Waals surface area contributed by atoms with Crippen LogP contribution in [0.25, 0.3) is 10.9 Å². The van der Waals surface area contributed by atoms with Crippen molar-refractivity contribution in [3.8, 4) is 0 Å². The van der Waals surface area contributed by atoms with Crippen molar-refractivity contribution in [1.29, 1.82) is 0 Å². The van der Waals surface area contributed by atoms with Crippen molar-refractivity contribution in [2.24, 2.45) is 0 Å². The first-order valence-electron chi connectivity index (χ1n) is 13.3. The number of rotatable bonds is 11. The molecule has 1 aromatic carbocycles. The van der Waals surface area contributed by atoms with E-state index in [1.54, 1.807) is 0 Å². The molecule has 8 heteroatoms. The second-order valence-corrected chi connectivity index (χ2v) is 9.98. The summed E-state index contributed by atoms with van der Waals surface area (Å²) in [6.07, 6.45) is 6.61. The number of benzene rings is 1. The third kappa shape index (κ3) is 5.11. The van der Waals surface area contributed by atoms with Gasteiger partial charge in [-0.2, -0.15) is 5.10 Å². The zero-order valence-corrected chi connectivity index (χ0v) is 21.4. The summed E-state index contributed by atoms with van der Waals surface area (Å²) in [4.78, 5) is 19.1. The smallest absolute Gasteiger partial charge is 0.325 e. The maximum Gasteiger partial charge on any atom is 0.325 e. The molecule has 4 heterocycles. The highest BCUT2D eigenvalue weighted by atomic mass is 16.5. The molecule has 1 atom stereocenters. The summed E-state index contributed by atoms with van der Waals surface area (Å²) in [6, 6.07) is 9.58. The molecule has 0 aliphatic carbocycles. The summed E-state index contributed by atoms with van der Waals surface area (Å²) in [5.74, 6) is 0.248. The van der Waals surface area contributed by atoms with Gasteiger partial charge in [-0.05, 0) is 69.2 Å². The Kier molecular flexibility index (Phi) is 7.53. The van der Waals surface area contributed by atoms with Crippen LogP contribution in [0.2, 0.25) is 0 Å². The predicted molar refractivity (Wildman–Crippen MR) is 140 cm³/mol. The van der Waals surface area contributed by atoms with Gasteiger partial charge in [-0.1, -0.05) is 24.6 Å². The number of carboxylic acids is 1. The van der Waals surface area contributed by atoms with Crippen LogP contribution >= 0.6 is 0 Å². The molecule has 1 saturated heterocycles. The number of fused-ring (bicyclic) bond motifs is 2. The molecule has 36 heavy (non-hydrogen) atoms. The monoisotopic (exact) mass is 491 g/mol. The average molecular weight is 492 g/mol. The van der Waals surface area contributed by atoms with E-state index >= 15 is 0 Å². The molecule has 3 aromatic rings. The SMILES string of the molecule is CCn1nc(C)c2c(C(C(=O)O)N3CC(OCCCCCc4ccc5c(n4)NCCC5)C3)cccc21. The van der Waals surface area contributed by atoms with Gasteiger partial charge in [0.05, 0.1) is 17.3 Å². The minimum atomic E-state index is -0.824. The molecular formula is C28H37N5O3. The van der Waals surface area contributed by atoms with Gasteiger partial charge in [-0.15, -0.1) is 0 Å². The second-order valence-electron chi connectivity index (χ2n) is 9.98. The fourth-order valence-corrected chi connectivity index (χ4v) is 5.54. The molecule has 5 rings (SSSR count). The molecule has 0 bridgehead atoms. The maximum absolute atomic E-state index is 12.3. The minimum absolute atomic E-state index is 0.0962. The molecule has 2 aliphatic rings. The lowest BCUT2D eigenvalue weighted by Gasteiger charge is -2.42. The quantitative estimate of drug-likeness (QED) is 0.385. The lowest BCUT2D eigenvalue weighted by molar-refractivity contribution is -0.150. The maximum atomic E-state index is 12.3. The molecule has 0 spiro atoms. The lowest BCUT2D eigenvalue weighted by Crippen LogP contribution is -2.55. The summed E-state index contributed by atoms with van der Waals surface area (Å²) >= 11 is 0. The van der Waals surface area contributed by atoms with E-state index in [0.717, 1.165) is 78.9 Å². The zero-order valence-electron chi connectivity index (χ0n) is 21.4. The number of aromatic nitrogens is 3. The average Bonchev–Trinajstić information content (AvgIpc) is 3.20. The molecular weight excluding hydrogens is 454 g/mol. The topological polar surface area (TPSA) is 92.5 Å². The molecule has 2 aromatic heterocycles. The van der Waals surface area contributed by atoms with Crippen molar-refractivity contribution in [3.05, 3.63) is 52.8 Å². The molecule has 192 valence electrons. The summed E-state index contributed by atoms with van der Waals surface area (Å²) in [7, 11) is 0. The molecule has 0 radical (unpaired) electrons. The first-order chi connectivity index (χ1) is 17.5.